The number of hydrazine groups is 1. The minimum atomic E-state index is -0.707. The zero-order chi connectivity index (χ0) is 11.5. The molecule has 1 aromatic carbocycles. The highest BCUT2D eigenvalue weighted by atomic mass is 16.5. The maximum absolute atomic E-state index is 11.6. The van der Waals surface area contributed by atoms with Crippen LogP contribution in [0.2, 0.25) is 0 Å². The zero-order valence-electron chi connectivity index (χ0n) is 9.20. The van der Waals surface area contributed by atoms with E-state index in [-0.39, 0.29) is 5.91 Å². The Morgan fingerprint density at radius 1 is 1.40 bits per heavy atom. The highest BCUT2D eigenvalue weighted by molar-refractivity contribution is 5.87. The van der Waals surface area contributed by atoms with E-state index in [9.17, 15) is 4.79 Å². The van der Waals surface area contributed by atoms with Crippen molar-refractivity contribution < 1.29 is 9.53 Å². The summed E-state index contributed by atoms with van der Waals surface area (Å²) >= 11 is 0. The van der Waals surface area contributed by atoms with Gasteiger partial charge in [0, 0.05) is 5.56 Å². The first kappa shape index (κ1) is 11.5. The van der Waals surface area contributed by atoms with Crippen molar-refractivity contribution in [1.29, 1.82) is 0 Å². The lowest BCUT2D eigenvalue weighted by molar-refractivity contribution is -0.125. The summed E-state index contributed by atoms with van der Waals surface area (Å²) in [6.07, 6.45) is 0. The first-order valence-electron chi connectivity index (χ1n) is 4.68. The number of hydrogen-bond acceptors (Lipinski definition) is 3. The molecule has 0 bridgehead atoms. The quantitative estimate of drug-likeness (QED) is 0.442. The van der Waals surface area contributed by atoms with Crippen LogP contribution in [0.25, 0.3) is 0 Å². The Hall–Kier alpha value is -1.55. The minimum Gasteiger partial charge on any atom is -0.496 e. The maximum Gasteiger partial charge on any atom is 0.244 e. The van der Waals surface area contributed by atoms with Crippen LogP contribution in [0.1, 0.15) is 19.4 Å². The Kier molecular flexibility index (Phi) is 3.31. The van der Waals surface area contributed by atoms with Crippen LogP contribution in [-0.2, 0) is 10.2 Å². The minimum absolute atomic E-state index is 0.244. The van der Waals surface area contributed by atoms with Gasteiger partial charge < -0.3 is 4.74 Å². The van der Waals surface area contributed by atoms with E-state index in [0.29, 0.717) is 5.75 Å². The van der Waals surface area contributed by atoms with Gasteiger partial charge in [-0.25, -0.2) is 5.84 Å². The van der Waals surface area contributed by atoms with Crippen LogP contribution in [0.15, 0.2) is 24.3 Å². The normalized spacial score (nSPS) is 10.9. The number of para-hydroxylation sites is 1. The number of ether oxygens (including phenoxy) is 1. The fourth-order valence-corrected chi connectivity index (χ4v) is 1.46. The van der Waals surface area contributed by atoms with Crippen molar-refractivity contribution in [2.24, 2.45) is 5.84 Å². The van der Waals surface area contributed by atoms with Crippen molar-refractivity contribution in [3.8, 4) is 5.75 Å². The Bertz CT molecular complexity index is 361. The lowest BCUT2D eigenvalue weighted by Crippen LogP contribution is -2.43. The van der Waals surface area contributed by atoms with Crippen molar-refractivity contribution in [3.05, 3.63) is 29.8 Å². The van der Waals surface area contributed by atoms with Crippen molar-refractivity contribution in [1.82, 2.24) is 5.43 Å². The molecular formula is C11H16N2O2. The number of amides is 1. The van der Waals surface area contributed by atoms with E-state index in [1.807, 2.05) is 24.3 Å². The molecule has 0 aliphatic heterocycles. The monoisotopic (exact) mass is 208 g/mol. The van der Waals surface area contributed by atoms with Crippen molar-refractivity contribution >= 4 is 5.91 Å². The van der Waals surface area contributed by atoms with Gasteiger partial charge in [0.05, 0.1) is 12.5 Å². The standard InChI is InChI=1S/C11H16N2O2/c1-11(2,10(14)13-12)8-6-4-5-7-9(8)15-3/h4-7H,12H2,1-3H3,(H,13,14). The van der Waals surface area contributed by atoms with Gasteiger partial charge in [-0.15, -0.1) is 0 Å². The van der Waals surface area contributed by atoms with Crippen LogP contribution in [0, 0.1) is 0 Å². The molecule has 0 spiro atoms. The van der Waals surface area contributed by atoms with E-state index < -0.39 is 5.41 Å². The van der Waals surface area contributed by atoms with E-state index in [1.54, 1.807) is 21.0 Å². The van der Waals surface area contributed by atoms with Crippen LogP contribution in [0.3, 0.4) is 0 Å². The molecule has 0 saturated heterocycles. The molecule has 1 amide bonds. The van der Waals surface area contributed by atoms with E-state index >= 15 is 0 Å². The molecule has 1 rings (SSSR count). The molecule has 1 aromatic rings. The molecule has 4 heteroatoms. The van der Waals surface area contributed by atoms with Crippen molar-refractivity contribution in [2.75, 3.05) is 7.11 Å². The first-order chi connectivity index (χ1) is 7.04. The molecular weight excluding hydrogens is 192 g/mol. The molecule has 0 heterocycles. The van der Waals surface area contributed by atoms with Crippen LogP contribution in [0.5, 0.6) is 5.75 Å². The topological polar surface area (TPSA) is 64.3 Å². The van der Waals surface area contributed by atoms with Gasteiger partial charge in [0.2, 0.25) is 5.91 Å². The van der Waals surface area contributed by atoms with Gasteiger partial charge in [-0.3, -0.25) is 10.2 Å². The summed E-state index contributed by atoms with van der Waals surface area (Å²) in [6.45, 7) is 3.60. The molecule has 82 valence electrons. The molecule has 0 aromatic heterocycles. The van der Waals surface area contributed by atoms with Crippen LogP contribution in [-0.4, -0.2) is 13.0 Å². The van der Waals surface area contributed by atoms with Gasteiger partial charge in [-0.05, 0) is 19.9 Å². The number of hydrogen-bond donors (Lipinski definition) is 2. The van der Waals surface area contributed by atoms with Crippen LogP contribution < -0.4 is 16.0 Å². The third-order valence-electron chi connectivity index (χ3n) is 2.48. The van der Waals surface area contributed by atoms with Crippen LogP contribution in [0.4, 0.5) is 0 Å². The second-order valence-electron chi connectivity index (χ2n) is 3.80. The van der Waals surface area contributed by atoms with Gasteiger partial charge in [0.15, 0.2) is 0 Å². The summed E-state index contributed by atoms with van der Waals surface area (Å²) in [5, 5.41) is 0. The Labute approximate surface area is 89.4 Å². The fourth-order valence-electron chi connectivity index (χ4n) is 1.46. The van der Waals surface area contributed by atoms with E-state index in [2.05, 4.69) is 5.43 Å². The summed E-state index contributed by atoms with van der Waals surface area (Å²) < 4.78 is 5.21. The van der Waals surface area contributed by atoms with E-state index in [0.717, 1.165) is 5.56 Å². The molecule has 0 saturated carbocycles. The summed E-state index contributed by atoms with van der Waals surface area (Å²) in [4.78, 5) is 11.6. The summed E-state index contributed by atoms with van der Waals surface area (Å²) in [5.74, 6) is 5.59. The molecule has 0 aliphatic carbocycles. The zero-order valence-corrected chi connectivity index (χ0v) is 9.20. The van der Waals surface area contributed by atoms with E-state index in [1.165, 1.54) is 0 Å². The average Bonchev–Trinajstić information content (AvgIpc) is 2.27. The first-order valence-corrected chi connectivity index (χ1v) is 4.68. The van der Waals surface area contributed by atoms with Crippen molar-refractivity contribution in [2.45, 2.75) is 19.3 Å². The lowest BCUT2D eigenvalue weighted by Gasteiger charge is -2.24. The predicted octanol–water partition coefficient (Wildman–Crippen LogP) is 0.963. The van der Waals surface area contributed by atoms with Gasteiger partial charge >= 0.3 is 0 Å². The van der Waals surface area contributed by atoms with Crippen molar-refractivity contribution in [3.63, 3.8) is 0 Å². The van der Waals surface area contributed by atoms with Gasteiger partial charge in [-0.2, -0.15) is 0 Å². The molecule has 15 heavy (non-hydrogen) atoms. The number of nitrogens with two attached hydrogens (primary N) is 1. The van der Waals surface area contributed by atoms with E-state index in [4.69, 9.17) is 10.6 Å². The number of rotatable bonds is 3. The molecule has 0 unspecified atom stereocenters. The smallest absolute Gasteiger partial charge is 0.244 e. The molecule has 3 N–H and O–H groups in total. The number of carbonyl (C=O) groups excluding carboxylic acids is 1. The number of nitrogens with one attached hydrogen (secondary N) is 1. The van der Waals surface area contributed by atoms with Gasteiger partial charge in [0.1, 0.15) is 5.75 Å². The van der Waals surface area contributed by atoms with Gasteiger partial charge in [0.25, 0.3) is 0 Å². The summed E-state index contributed by atoms with van der Waals surface area (Å²) in [6, 6.07) is 7.40. The lowest BCUT2D eigenvalue weighted by atomic mass is 9.83. The SMILES string of the molecule is COc1ccccc1C(C)(C)C(=O)NN. The third kappa shape index (κ3) is 2.10. The highest BCUT2D eigenvalue weighted by Crippen LogP contribution is 2.31. The molecule has 4 nitrogen and oxygen atoms in total. The number of benzene rings is 1. The Morgan fingerprint density at radius 3 is 2.53 bits per heavy atom. The Morgan fingerprint density at radius 2 is 2.00 bits per heavy atom. The van der Waals surface area contributed by atoms with Gasteiger partial charge in [-0.1, -0.05) is 18.2 Å². The summed E-state index contributed by atoms with van der Waals surface area (Å²) in [5.41, 5.74) is 2.27. The second-order valence-corrected chi connectivity index (χ2v) is 3.80. The average molecular weight is 208 g/mol. The number of carbonyl (C=O) groups is 1. The highest BCUT2D eigenvalue weighted by Gasteiger charge is 2.31. The molecule has 0 aliphatic rings. The molecule has 0 fully saturated rings. The van der Waals surface area contributed by atoms with Crippen LogP contribution >= 0.6 is 0 Å². The predicted molar refractivity (Wildman–Crippen MR) is 58.4 cm³/mol. The molecule has 0 atom stereocenters. The summed E-state index contributed by atoms with van der Waals surface area (Å²) in [7, 11) is 1.58. The fraction of sp³-hybridized carbons (Fsp3) is 0.364. The molecule has 0 radical (unpaired) electrons. The third-order valence-corrected chi connectivity index (χ3v) is 2.48. The Balaban J connectivity index is 3.19. The maximum atomic E-state index is 11.6. The largest absolute Gasteiger partial charge is 0.496 e. The second kappa shape index (κ2) is 4.31. The number of methoxy groups -OCH3 is 1.